The van der Waals surface area contributed by atoms with Gasteiger partial charge in [0.2, 0.25) is 5.91 Å². The van der Waals surface area contributed by atoms with Gasteiger partial charge in [-0.05, 0) is 18.6 Å². The predicted molar refractivity (Wildman–Crippen MR) is 40.6 cm³/mol. The molecule has 1 saturated heterocycles. The smallest absolute Gasteiger partial charge is 0.265 e. The molecule has 1 heterocycles. The van der Waals surface area contributed by atoms with E-state index in [1.54, 1.807) is 0 Å². The van der Waals surface area contributed by atoms with Gasteiger partial charge in [0.1, 0.15) is 0 Å². The van der Waals surface area contributed by atoms with Crippen LogP contribution >= 0.6 is 12.2 Å². The molecule has 1 aliphatic rings. The Balaban J connectivity index is 2.55. The van der Waals surface area contributed by atoms with Crippen LogP contribution in [0, 0.1) is 0 Å². The Morgan fingerprint density at radius 2 is 2.50 bits per heavy atom. The maximum absolute atomic E-state index is 10.9. The van der Waals surface area contributed by atoms with E-state index < -0.39 is 0 Å². The second-order valence-electron chi connectivity index (χ2n) is 2.12. The Labute approximate surface area is 65.0 Å². The van der Waals surface area contributed by atoms with Gasteiger partial charge in [0.25, 0.3) is 5.17 Å². The summed E-state index contributed by atoms with van der Waals surface area (Å²) >= 11 is 4.77. The van der Waals surface area contributed by atoms with Crippen molar-refractivity contribution in [3.63, 3.8) is 0 Å². The zero-order valence-corrected chi connectivity index (χ0v) is 6.61. The van der Waals surface area contributed by atoms with Gasteiger partial charge in [-0.1, -0.05) is 0 Å². The van der Waals surface area contributed by atoms with Crippen molar-refractivity contribution in [1.29, 1.82) is 0 Å². The number of methoxy groups -OCH3 is 1. The topological polar surface area (TPSA) is 29.5 Å². The third-order valence-corrected chi connectivity index (χ3v) is 1.86. The molecule has 1 fully saturated rings. The molecule has 0 aromatic carbocycles. The summed E-state index contributed by atoms with van der Waals surface area (Å²) in [5.74, 6) is 0.0758. The summed E-state index contributed by atoms with van der Waals surface area (Å²) in [7, 11) is 1.48. The van der Waals surface area contributed by atoms with E-state index in [4.69, 9.17) is 17.0 Å². The molecule has 10 heavy (non-hydrogen) atoms. The summed E-state index contributed by atoms with van der Waals surface area (Å²) in [6.07, 6.45) is 1.49. The Morgan fingerprint density at radius 3 is 2.90 bits per heavy atom. The van der Waals surface area contributed by atoms with Crippen molar-refractivity contribution in [3.8, 4) is 0 Å². The van der Waals surface area contributed by atoms with Crippen molar-refractivity contribution >= 4 is 23.3 Å². The van der Waals surface area contributed by atoms with E-state index in [1.165, 1.54) is 12.0 Å². The van der Waals surface area contributed by atoms with Crippen molar-refractivity contribution < 1.29 is 9.53 Å². The Bertz CT molecular complexity index is 169. The maximum atomic E-state index is 10.9. The third kappa shape index (κ3) is 1.26. The largest absolute Gasteiger partial charge is 0.474 e. The normalized spacial score (nSPS) is 17.7. The number of amides is 1. The molecule has 4 heteroatoms. The molecule has 1 amide bonds. The summed E-state index contributed by atoms with van der Waals surface area (Å²) in [5.41, 5.74) is 0. The molecule has 0 aromatic heterocycles. The van der Waals surface area contributed by atoms with Crippen molar-refractivity contribution in [2.45, 2.75) is 12.8 Å². The highest BCUT2D eigenvalue weighted by atomic mass is 32.1. The van der Waals surface area contributed by atoms with Crippen LogP contribution in [0.4, 0.5) is 0 Å². The summed E-state index contributed by atoms with van der Waals surface area (Å²) in [5, 5.41) is 0.294. The fourth-order valence-corrected chi connectivity index (χ4v) is 1.14. The zero-order chi connectivity index (χ0) is 7.56. The fourth-order valence-electron chi connectivity index (χ4n) is 0.951. The van der Waals surface area contributed by atoms with Gasteiger partial charge in [-0.2, -0.15) is 0 Å². The van der Waals surface area contributed by atoms with Gasteiger partial charge < -0.3 is 4.74 Å². The molecule has 56 valence electrons. The first-order chi connectivity index (χ1) is 4.75. The quantitative estimate of drug-likeness (QED) is 0.483. The molecule has 1 aliphatic heterocycles. The number of thiocarbonyl (C=S) groups is 1. The molecular formula is C6H9NO2S. The minimum Gasteiger partial charge on any atom is -0.474 e. The Hall–Kier alpha value is -0.640. The number of hydrogen-bond acceptors (Lipinski definition) is 3. The Morgan fingerprint density at radius 1 is 1.80 bits per heavy atom. The van der Waals surface area contributed by atoms with Crippen LogP contribution in [-0.2, 0) is 9.53 Å². The fraction of sp³-hybridized carbons (Fsp3) is 0.667. The number of ether oxygens (including phenoxy) is 1. The van der Waals surface area contributed by atoms with E-state index in [0.717, 1.165) is 6.42 Å². The Kier molecular flexibility index (Phi) is 2.21. The minimum atomic E-state index is 0.0758. The van der Waals surface area contributed by atoms with Crippen molar-refractivity contribution in [2.24, 2.45) is 0 Å². The van der Waals surface area contributed by atoms with Crippen LogP contribution in [0.1, 0.15) is 12.8 Å². The highest BCUT2D eigenvalue weighted by Gasteiger charge is 2.23. The monoisotopic (exact) mass is 159 g/mol. The first-order valence-corrected chi connectivity index (χ1v) is 3.55. The lowest BCUT2D eigenvalue weighted by molar-refractivity contribution is -0.124. The number of rotatable bonds is 0. The van der Waals surface area contributed by atoms with E-state index in [2.05, 4.69) is 0 Å². The highest BCUT2D eigenvalue weighted by molar-refractivity contribution is 7.80. The number of nitrogens with zero attached hydrogens (tertiary/aromatic N) is 1. The third-order valence-electron chi connectivity index (χ3n) is 1.47. The van der Waals surface area contributed by atoms with Gasteiger partial charge in [-0.25, -0.2) is 0 Å². The molecule has 0 spiro atoms. The lowest BCUT2D eigenvalue weighted by Crippen LogP contribution is -2.31. The molecular weight excluding hydrogens is 150 g/mol. The van der Waals surface area contributed by atoms with Gasteiger partial charge in [0, 0.05) is 13.0 Å². The van der Waals surface area contributed by atoms with E-state index in [9.17, 15) is 4.79 Å². The molecule has 0 N–H and O–H groups in total. The van der Waals surface area contributed by atoms with E-state index >= 15 is 0 Å². The predicted octanol–water partition coefficient (Wildman–Crippen LogP) is 0.540. The minimum absolute atomic E-state index is 0.0758. The summed E-state index contributed by atoms with van der Waals surface area (Å²) in [6, 6.07) is 0. The average Bonchev–Trinajstić information content (AvgIpc) is 2.34. The van der Waals surface area contributed by atoms with E-state index in [-0.39, 0.29) is 5.91 Å². The molecule has 0 saturated carbocycles. The molecule has 0 bridgehead atoms. The second-order valence-corrected chi connectivity index (χ2v) is 2.47. The number of hydrogen-bond donors (Lipinski definition) is 0. The summed E-state index contributed by atoms with van der Waals surface area (Å²) < 4.78 is 4.74. The summed E-state index contributed by atoms with van der Waals surface area (Å²) in [4.78, 5) is 12.4. The van der Waals surface area contributed by atoms with Crippen molar-refractivity contribution in [1.82, 2.24) is 4.90 Å². The standard InChI is InChI=1S/C6H9NO2S/c1-9-6(10)7-4-2-3-5(7)8/h2-4H2,1H3. The SMILES string of the molecule is COC(=S)N1CCCC1=O. The molecule has 0 radical (unpaired) electrons. The van der Waals surface area contributed by atoms with Gasteiger partial charge in [-0.15, -0.1) is 0 Å². The summed E-state index contributed by atoms with van der Waals surface area (Å²) in [6.45, 7) is 0.714. The van der Waals surface area contributed by atoms with Crippen molar-refractivity contribution in [2.75, 3.05) is 13.7 Å². The first kappa shape index (κ1) is 7.47. The maximum Gasteiger partial charge on any atom is 0.265 e. The van der Waals surface area contributed by atoms with Gasteiger partial charge in [0.05, 0.1) is 7.11 Å². The van der Waals surface area contributed by atoms with Crippen LogP contribution in [0.3, 0.4) is 0 Å². The highest BCUT2D eigenvalue weighted by Crippen LogP contribution is 2.10. The number of carbonyl (C=O) groups excluding carboxylic acids is 1. The molecule has 0 atom stereocenters. The average molecular weight is 159 g/mol. The molecule has 1 rings (SSSR count). The van der Waals surface area contributed by atoms with E-state index in [1.807, 2.05) is 0 Å². The van der Waals surface area contributed by atoms with Crippen LogP contribution in [-0.4, -0.2) is 29.6 Å². The molecule has 3 nitrogen and oxygen atoms in total. The molecule has 0 aliphatic carbocycles. The van der Waals surface area contributed by atoms with Crippen LogP contribution in [0.2, 0.25) is 0 Å². The zero-order valence-electron chi connectivity index (χ0n) is 5.79. The molecule has 0 aromatic rings. The van der Waals surface area contributed by atoms with Gasteiger partial charge >= 0.3 is 0 Å². The number of likely N-dealkylation sites (tertiary alicyclic amines) is 1. The van der Waals surface area contributed by atoms with Crippen molar-refractivity contribution in [3.05, 3.63) is 0 Å². The van der Waals surface area contributed by atoms with Crippen LogP contribution in [0.15, 0.2) is 0 Å². The number of carbonyl (C=O) groups is 1. The van der Waals surface area contributed by atoms with Crippen LogP contribution < -0.4 is 0 Å². The van der Waals surface area contributed by atoms with Crippen LogP contribution in [0.5, 0.6) is 0 Å². The van der Waals surface area contributed by atoms with E-state index in [0.29, 0.717) is 18.1 Å². The molecule has 0 unspecified atom stereocenters. The second kappa shape index (κ2) is 2.96. The van der Waals surface area contributed by atoms with Gasteiger partial charge in [0.15, 0.2) is 0 Å². The van der Waals surface area contributed by atoms with Gasteiger partial charge in [-0.3, -0.25) is 9.69 Å². The lowest BCUT2D eigenvalue weighted by Gasteiger charge is -2.13. The van der Waals surface area contributed by atoms with Crippen LogP contribution in [0.25, 0.3) is 0 Å². The first-order valence-electron chi connectivity index (χ1n) is 3.14. The lowest BCUT2D eigenvalue weighted by atomic mass is 10.4.